The van der Waals surface area contributed by atoms with Crippen LogP contribution in [0.3, 0.4) is 0 Å². The second-order valence-electron chi connectivity index (χ2n) is 6.44. The van der Waals surface area contributed by atoms with Crippen molar-refractivity contribution in [2.45, 2.75) is 52.1 Å². The fraction of sp³-hybridized carbons (Fsp3) is 0.625. The fourth-order valence-electron chi connectivity index (χ4n) is 2.74. The molecule has 124 valence electrons. The Bertz CT molecular complexity index is 633. The van der Waals surface area contributed by atoms with Crippen LogP contribution in [0, 0.1) is 6.92 Å². The van der Waals surface area contributed by atoms with E-state index < -0.39 is 0 Å². The van der Waals surface area contributed by atoms with Crippen LogP contribution >= 0.6 is 0 Å². The number of likely N-dealkylation sites (tertiary alicyclic amines) is 1. The normalized spacial score (nSPS) is 16.9. The third-order valence-electron chi connectivity index (χ3n) is 4.10. The van der Waals surface area contributed by atoms with Gasteiger partial charge in [0.05, 0.1) is 6.54 Å². The van der Waals surface area contributed by atoms with Gasteiger partial charge in [-0.15, -0.1) is 0 Å². The molecule has 3 heterocycles. The number of nitrogens with one attached hydrogen (secondary N) is 1. The Balaban J connectivity index is 1.48. The molecule has 0 unspecified atom stereocenters. The number of rotatable bonds is 5. The molecule has 0 spiro atoms. The average Bonchev–Trinajstić information content (AvgIpc) is 2.98. The van der Waals surface area contributed by atoms with E-state index in [2.05, 4.69) is 44.2 Å². The van der Waals surface area contributed by atoms with Gasteiger partial charge in [0.1, 0.15) is 12.1 Å². The lowest BCUT2D eigenvalue weighted by molar-refractivity contribution is 0.186. The van der Waals surface area contributed by atoms with E-state index in [0.29, 0.717) is 17.9 Å². The molecule has 7 heteroatoms. The molecule has 1 aliphatic heterocycles. The first-order chi connectivity index (χ1) is 11.1. The maximum Gasteiger partial charge on any atom is 0.240 e. The van der Waals surface area contributed by atoms with Crippen molar-refractivity contribution in [2.75, 3.05) is 18.4 Å². The van der Waals surface area contributed by atoms with E-state index in [9.17, 15) is 0 Å². The molecule has 0 saturated carbocycles. The molecule has 0 aliphatic carbocycles. The highest BCUT2D eigenvalue weighted by Crippen LogP contribution is 2.17. The van der Waals surface area contributed by atoms with Gasteiger partial charge in [0.15, 0.2) is 5.82 Å². The quantitative estimate of drug-likeness (QED) is 0.907. The molecule has 3 rings (SSSR count). The van der Waals surface area contributed by atoms with Gasteiger partial charge in [-0.05, 0) is 19.8 Å². The first-order valence-electron chi connectivity index (χ1n) is 8.20. The predicted molar refractivity (Wildman–Crippen MR) is 87.1 cm³/mol. The number of nitrogens with zero attached hydrogens (tertiary/aromatic N) is 5. The zero-order valence-corrected chi connectivity index (χ0v) is 14.0. The number of aryl methyl sites for hydroxylation is 1. The smallest absolute Gasteiger partial charge is 0.240 e. The maximum atomic E-state index is 5.33. The summed E-state index contributed by atoms with van der Waals surface area (Å²) in [5, 5.41) is 7.52. The highest BCUT2D eigenvalue weighted by Gasteiger charge is 2.21. The summed E-state index contributed by atoms with van der Waals surface area (Å²) in [7, 11) is 0. The molecule has 0 aromatic carbocycles. The van der Waals surface area contributed by atoms with E-state index in [1.807, 2.05) is 13.0 Å². The third-order valence-corrected chi connectivity index (χ3v) is 4.10. The van der Waals surface area contributed by atoms with Crippen LogP contribution in [-0.2, 0) is 6.54 Å². The molecule has 1 N–H and O–H groups in total. The minimum Gasteiger partial charge on any atom is -0.367 e. The highest BCUT2D eigenvalue weighted by molar-refractivity contribution is 5.35. The van der Waals surface area contributed by atoms with E-state index in [1.54, 1.807) is 6.33 Å². The van der Waals surface area contributed by atoms with Crippen molar-refractivity contribution >= 4 is 5.82 Å². The van der Waals surface area contributed by atoms with Gasteiger partial charge in [0.25, 0.3) is 0 Å². The molecule has 0 atom stereocenters. The monoisotopic (exact) mass is 316 g/mol. The Labute approximate surface area is 136 Å². The van der Waals surface area contributed by atoms with Gasteiger partial charge >= 0.3 is 0 Å². The molecular weight excluding hydrogens is 292 g/mol. The number of anilines is 1. The highest BCUT2D eigenvalue weighted by atomic mass is 16.5. The van der Waals surface area contributed by atoms with Crippen LogP contribution in [-0.4, -0.2) is 44.1 Å². The van der Waals surface area contributed by atoms with Gasteiger partial charge in [-0.1, -0.05) is 19.0 Å². The number of piperidine rings is 1. The van der Waals surface area contributed by atoms with Gasteiger partial charge in [-0.25, -0.2) is 9.97 Å². The van der Waals surface area contributed by atoms with Crippen LogP contribution < -0.4 is 5.32 Å². The van der Waals surface area contributed by atoms with Crippen LogP contribution in [0.15, 0.2) is 16.9 Å². The summed E-state index contributed by atoms with van der Waals surface area (Å²) >= 11 is 0. The predicted octanol–water partition coefficient (Wildman–Crippen LogP) is 2.37. The lowest BCUT2D eigenvalue weighted by Gasteiger charge is -2.31. The number of hydrogen-bond acceptors (Lipinski definition) is 7. The fourth-order valence-corrected chi connectivity index (χ4v) is 2.74. The van der Waals surface area contributed by atoms with E-state index in [4.69, 9.17) is 4.52 Å². The third kappa shape index (κ3) is 4.25. The summed E-state index contributed by atoms with van der Waals surface area (Å²) in [5.41, 5.74) is 0.984. The molecule has 7 nitrogen and oxygen atoms in total. The topological polar surface area (TPSA) is 80.0 Å². The van der Waals surface area contributed by atoms with Crippen molar-refractivity contribution in [3.63, 3.8) is 0 Å². The zero-order chi connectivity index (χ0) is 16.2. The molecule has 0 radical (unpaired) electrons. The minimum atomic E-state index is 0.304. The van der Waals surface area contributed by atoms with Gasteiger partial charge < -0.3 is 9.84 Å². The molecule has 0 bridgehead atoms. The Morgan fingerprint density at radius 3 is 2.74 bits per heavy atom. The maximum absolute atomic E-state index is 5.33. The summed E-state index contributed by atoms with van der Waals surface area (Å²) in [6, 6.07) is 2.44. The van der Waals surface area contributed by atoms with E-state index in [1.165, 1.54) is 0 Å². The molecule has 1 fully saturated rings. The summed E-state index contributed by atoms with van der Waals surface area (Å²) in [6.45, 7) is 8.88. The molecule has 2 aromatic rings. The van der Waals surface area contributed by atoms with Crippen LogP contribution in [0.4, 0.5) is 5.82 Å². The first-order valence-corrected chi connectivity index (χ1v) is 8.20. The van der Waals surface area contributed by atoms with Crippen molar-refractivity contribution in [3.05, 3.63) is 29.8 Å². The van der Waals surface area contributed by atoms with Crippen molar-refractivity contribution in [2.24, 2.45) is 0 Å². The van der Waals surface area contributed by atoms with Gasteiger partial charge in [-0.3, -0.25) is 4.90 Å². The molecule has 23 heavy (non-hydrogen) atoms. The van der Waals surface area contributed by atoms with Crippen LogP contribution in [0.1, 0.15) is 50.0 Å². The van der Waals surface area contributed by atoms with Crippen molar-refractivity contribution in [1.82, 2.24) is 25.0 Å². The Morgan fingerprint density at radius 2 is 2.09 bits per heavy atom. The molecule has 1 aliphatic rings. The SMILES string of the molecule is Cc1cc(NC2CCN(Cc3nc(C(C)C)no3)CC2)ncn1. The van der Waals surface area contributed by atoms with Crippen LogP contribution in [0.5, 0.6) is 0 Å². The lowest BCUT2D eigenvalue weighted by Crippen LogP contribution is -2.38. The molecular formula is C16H24N6O. The number of aromatic nitrogens is 4. The summed E-state index contributed by atoms with van der Waals surface area (Å²) in [6.07, 6.45) is 3.76. The lowest BCUT2D eigenvalue weighted by atomic mass is 10.1. The van der Waals surface area contributed by atoms with Gasteiger partial charge in [-0.2, -0.15) is 4.98 Å². The zero-order valence-electron chi connectivity index (χ0n) is 14.0. The largest absolute Gasteiger partial charge is 0.367 e. The molecule has 0 amide bonds. The van der Waals surface area contributed by atoms with Crippen molar-refractivity contribution in [3.8, 4) is 0 Å². The molecule has 2 aromatic heterocycles. The average molecular weight is 316 g/mol. The van der Waals surface area contributed by atoms with E-state index in [0.717, 1.165) is 49.8 Å². The summed E-state index contributed by atoms with van der Waals surface area (Å²) in [4.78, 5) is 15.2. The van der Waals surface area contributed by atoms with Gasteiger partial charge in [0.2, 0.25) is 5.89 Å². The Kier molecular flexibility index (Phi) is 4.85. The summed E-state index contributed by atoms with van der Waals surface area (Å²) < 4.78 is 5.33. The van der Waals surface area contributed by atoms with Crippen LogP contribution in [0.25, 0.3) is 0 Å². The Hall–Kier alpha value is -2.02. The van der Waals surface area contributed by atoms with E-state index >= 15 is 0 Å². The first kappa shape index (κ1) is 15.9. The van der Waals surface area contributed by atoms with E-state index in [-0.39, 0.29) is 0 Å². The van der Waals surface area contributed by atoms with Gasteiger partial charge in [0, 0.05) is 36.8 Å². The van der Waals surface area contributed by atoms with Crippen molar-refractivity contribution < 1.29 is 4.52 Å². The summed E-state index contributed by atoms with van der Waals surface area (Å²) in [5.74, 6) is 2.72. The Morgan fingerprint density at radius 1 is 1.30 bits per heavy atom. The van der Waals surface area contributed by atoms with Crippen molar-refractivity contribution in [1.29, 1.82) is 0 Å². The second kappa shape index (κ2) is 7.04. The second-order valence-corrected chi connectivity index (χ2v) is 6.44. The van der Waals surface area contributed by atoms with Crippen LogP contribution in [0.2, 0.25) is 0 Å². The standard InChI is InChI=1S/C16H24N6O/c1-11(2)16-20-15(23-21-16)9-22-6-4-13(5-7-22)19-14-8-12(3)17-10-18-14/h8,10-11,13H,4-7,9H2,1-3H3,(H,17,18,19). The minimum absolute atomic E-state index is 0.304. The molecule has 1 saturated heterocycles. The number of hydrogen-bond donors (Lipinski definition) is 1.